The number of benzene rings is 2. The largest absolute Gasteiger partial charge is 0.417 e. The van der Waals surface area contributed by atoms with Gasteiger partial charge in [0.05, 0.1) is 15.4 Å². The third kappa shape index (κ3) is 4.30. The summed E-state index contributed by atoms with van der Waals surface area (Å²) in [4.78, 5) is -0.657. The molecule has 1 saturated heterocycles. The SMILES string of the molecule is O=S(=O)(c1ccc2c(c1)CCCC2)N1CCN(S(=O)(=O)c2ccccc2C(F)(F)F)CC1. The molecular formula is C21H23F3N2O4S2. The molecule has 0 unspecified atom stereocenters. The molecule has 0 N–H and O–H groups in total. The number of alkyl halides is 3. The standard InChI is InChI=1S/C21H23F3N2O4S2/c22-21(23,24)19-7-3-4-8-20(19)32(29,30)26-13-11-25(12-14-26)31(27,28)18-10-9-16-5-1-2-6-17(16)15-18/h3-4,7-10,15H,1-2,5-6,11-14H2. The van der Waals surface area contributed by atoms with Gasteiger partial charge in [0, 0.05) is 26.2 Å². The van der Waals surface area contributed by atoms with Crippen molar-refractivity contribution in [1.82, 2.24) is 8.61 Å². The van der Waals surface area contributed by atoms with E-state index < -0.39 is 36.7 Å². The van der Waals surface area contributed by atoms with Gasteiger partial charge in [-0.2, -0.15) is 21.8 Å². The molecule has 0 saturated carbocycles. The first kappa shape index (κ1) is 23.2. The van der Waals surface area contributed by atoms with E-state index in [9.17, 15) is 30.0 Å². The van der Waals surface area contributed by atoms with Crippen molar-refractivity contribution in [3.63, 3.8) is 0 Å². The highest BCUT2D eigenvalue weighted by Gasteiger charge is 2.40. The fourth-order valence-electron chi connectivity index (χ4n) is 4.23. The molecule has 6 nitrogen and oxygen atoms in total. The number of piperazine rings is 1. The van der Waals surface area contributed by atoms with Gasteiger partial charge in [-0.3, -0.25) is 0 Å². The van der Waals surface area contributed by atoms with E-state index in [-0.39, 0.29) is 31.1 Å². The minimum absolute atomic E-state index is 0.132. The summed E-state index contributed by atoms with van der Waals surface area (Å²) in [6, 6.07) is 9.10. The zero-order valence-electron chi connectivity index (χ0n) is 17.2. The Morgan fingerprint density at radius 2 is 1.28 bits per heavy atom. The van der Waals surface area contributed by atoms with Crippen LogP contribution in [0.1, 0.15) is 29.5 Å². The number of fused-ring (bicyclic) bond motifs is 1. The topological polar surface area (TPSA) is 74.8 Å². The van der Waals surface area contributed by atoms with Crippen molar-refractivity contribution >= 4 is 20.0 Å². The maximum atomic E-state index is 13.3. The average Bonchev–Trinajstić information content (AvgIpc) is 2.78. The van der Waals surface area contributed by atoms with Crippen LogP contribution < -0.4 is 0 Å². The number of aryl methyl sites for hydroxylation is 2. The van der Waals surface area contributed by atoms with E-state index in [0.29, 0.717) is 0 Å². The Kier molecular flexibility index (Phi) is 6.12. The lowest BCUT2D eigenvalue weighted by Gasteiger charge is -2.33. The van der Waals surface area contributed by atoms with Crippen LogP contribution in [0.15, 0.2) is 52.3 Å². The Morgan fingerprint density at radius 3 is 1.91 bits per heavy atom. The van der Waals surface area contributed by atoms with Crippen molar-refractivity contribution in [2.45, 2.75) is 41.7 Å². The average molecular weight is 489 g/mol. The molecular weight excluding hydrogens is 465 g/mol. The van der Waals surface area contributed by atoms with E-state index in [0.717, 1.165) is 59.3 Å². The van der Waals surface area contributed by atoms with Crippen molar-refractivity contribution in [2.24, 2.45) is 0 Å². The van der Waals surface area contributed by atoms with Crippen LogP contribution in [0.5, 0.6) is 0 Å². The maximum Gasteiger partial charge on any atom is 0.417 e. The van der Waals surface area contributed by atoms with Crippen molar-refractivity contribution in [3.8, 4) is 0 Å². The lowest BCUT2D eigenvalue weighted by Crippen LogP contribution is -2.50. The minimum atomic E-state index is -4.82. The third-order valence-corrected chi connectivity index (χ3v) is 9.82. The first-order valence-electron chi connectivity index (χ1n) is 10.3. The van der Waals surface area contributed by atoms with Gasteiger partial charge in [-0.1, -0.05) is 18.2 Å². The van der Waals surface area contributed by atoms with Crippen LogP contribution in [-0.4, -0.2) is 51.6 Å². The maximum absolute atomic E-state index is 13.3. The van der Waals surface area contributed by atoms with Crippen LogP contribution in [0, 0.1) is 0 Å². The molecule has 1 aliphatic heterocycles. The second-order valence-electron chi connectivity index (χ2n) is 7.94. The molecule has 0 aromatic heterocycles. The summed E-state index contributed by atoms with van der Waals surface area (Å²) >= 11 is 0. The van der Waals surface area contributed by atoms with Crippen LogP contribution in [0.25, 0.3) is 0 Å². The molecule has 2 aromatic carbocycles. The van der Waals surface area contributed by atoms with Crippen LogP contribution in [0.4, 0.5) is 13.2 Å². The molecule has 32 heavy (non-hydrogen) atoms. The predicted molar refractivity (Wildman–Crippen MR) is 112 cm³/mol. The summed E-state index contributed by atoms with van der Waals surface area (Å²) in [5.41, 5.74) is 0.931. The van der Waals surface area contributed by atoms with E-state index in [1.807, 2.05) is 6.07 Å². The monoisotopic (exact) mass is 488 g/mol. The zero-order chi connectivity index (χ0) is 23.1. The zero-order valence-corrected chi connectivity index (χ0v) is 18.8. The minimum Gasteiger partial charge on any atom is -0.207 e. The van der Waals surface area contributed by atoms with Crippen LogP contribution in [-0.2, 0) is 39.1 Å². The molecule has 4 rings (SSSR count). The molecule has 0 bridgehead atoms. The highest BCUT2D eigenvalue weighted by molar-refractivity contribution is 7.89. The number of hydrogen-bond donors (Lipinski definition) is 0. The summed E-state index contributed by atoms with van der Waals surface area (Å²) in [6.45, 7) is -0.711. The summed E-state index contributed by atoms with van der Waals surface area (Å²) < 4.78 is 94.0. The van der Waals surface area contributed by atoms with Gasteiger partial charge >= 0.3 is 6.18 Å². The molecule has 0 amide bonds. The highest BCUT2D eigenvalue weighted by atomic mass is 32.2. The van der Waals surface area contributed by atoms with Crippen molar-refractivity contribution in [3.05, 3.63) is 59.2 Å². The molecule has 174 valence electrons. The van der Waals surface area contributed by atoms with Gasteiger partial charge in [0.1, 0.15) is 0 Å². The molecule has 1 aliphatic carbocycles. The van der Waals surface area contributed by atoms with Crippen LogP contribution in [0.3, 0.4) is 0 Å². The van der Waals surface area contributed by atoms with Crippen LogP contribution in [0.2, 0.25) is 0 Å². The third-order valence-electron chi connectivity index (χ3n) is 5.97. The number of sulfonamides is 2. The Balaban J connectivity index is 1.53. The van der Waals surface area contributed by atoms with E-state index in [2.05, 4.69) is 0 Å². The van der Waals surface area contributed by atoms with Gasteiger partial charge in [-0.15, -0.1) is 0 Å². The number of hydrogen-bond acceptors (Lipinski definition) is 4. The highest BCUT2D eigenvalue weighted by Crippen LogP contribution is 2.35. The van der Waals surface area contributed by atoms with Gasteiger partial charge < -0.3 is 0 Å². The van der Waals surface area contributed by atoms with Gasteiger partial charge in [-0.05, 0) is 61.1 Å². The molecule has 2 aromatic rings. The first-order valence-corrected chi connectivity index (χ1v) is 13.2. The number of nitrogens with zero attached hydrogens (tertiary/aromatic N) is 2. The van der Waals surface area contributed by atoms with E-state index in [1.54, 1.807) is 12.1 Å². The lowest BCUT2D eigenvalue weighted by atomic mass is 9.92. The second kappa shape index (κ2) is 8.44. The van der Waals surface area contributed by atoms with E-state index in [4.69, 9.17) is 0 Å². The normalized spacial score (nSPS) is 19.0. The van der Waals surface area contributed by atoms with Gasteiger partial charge in [-0.25, -0.2) is 16.8 Å². The molecule has 11 heteroatoms. The van der Waals surface area contributed by atoms with E-state index in [1.165, 1.54) is 10.4 Å². The van der Waals surface area contributed by atoms with E-state index >= 15 is 0 Å². The molecule has 1 fully saturated rings. The quantitative estimate of drug-likeness (QED) is 0.662. The lowest BCUT2D eigenvalue weighted by molar-refractivity contribution is -0.139. The fraction of sp³-hybridized carbons (Fsp3) is 0.429. The summed E-state index contributed by atoms with van der Waals surface area (Å²) in [5, 5.41) is 0. The summed E-state index contributed by atoms with van der Waals surface area (Å²) in [7, 11) is -8.26. The Hall–Kier alpha value is -1.95. The molecule has 0 radical (unpaired) electrons. The Morgan fingerprint density at radius 1 is 0.719 bits per heavy atom. The first-order chi connectivity index (χ1) is 15.0. The summed E-state index contributed by atoms with van der Waals surface area (Å²) in [6.07, 6.45) is -0.990. The van der Waals surface area contributed by atoms with Crippen molar-refractivity contribution < 1.29 is 30.0 Å². The fourth-order valence-corrected chi connectivity index (χ4v) is 7.34. The van der Waals surface area contributed by atoms with Gasteiger partial charge in [0.2, 0.25) is 20.0 Å². The van der Waals surface area contributed by atoms with Crippen LogP contribution >= 0.6 is 0 Å². The van der Waals surface area contributed by atoms with Crippen molar-refractivity contribution in [2.75, 3.05) is 26.2 Å². The molecule has 0 spiro atoms. The smallest absolute Gasteiger partial charge is 0.207 e. The second-order valence-corrected chi connectivity index (χ2v) is 11.8. The summed E-state index contributed by atoms with van der Waals surface area (Å²) in [5.74, 6) is 0. The van der Waals surface area contributed by atoms with Gasteiger partial charge in [0.25, 0.3) is 0 Å². The molecule has 1 heterocycles. The Bertz CT molecular complexity index is 1220. The Labute approximate surface area is 185 Å². The molecule has 0 atom stereocenters. The van der Waals surface area contributed by atoms with Gasteiger partial charge in [0.15, 0.2) is 0 Å². The molecule has 2 aliphatic rings. The number of halogens is 3. The predicted octanol–water partition coefficient (Wildman–Crippen LogP) is 3.28. The van der Waals surface area contributed by atoms with Crippen molar-refractivity contribution in [1.29, 1.82) is 0 Å². The number of rotatable bonds is 4.